The molecule has 0 aliphatic carbocycles. The molecule has 0 amide bonds. The number of unbranched alkanes of at least 4 members (excludes halogenated alkanes) is 1. The highest BCUT2D eigenvalue weighted by atomic mass is 19.1. The van der Waals surface area contributed by atoms with E-state index in [1.54, 1.807) is 6.92 Å². The van der Waals surface area contributed by atoms with Crippen LogP contribution in [-0.4, -0.2) is 12.6 Å². The number of hydrogen-bond acceptors (Lipinski definition) is 1. The molecule has 1 rings (SSSR count). The van der Waals surface area contributed by atoms with Crippen molar-refractivity contribution in [3.63, 3.8) is 0 Å². The quantitative estimate of drug-likeness (QED) is 0.750. The van der Waals surface area contributed by atoms with Gasteiger partial charge < -0.3 is 5.32 Å². The summed E-state index contributed by atoms with van der Waals surface area (Å²) in [4.78, 5) is 0. The second kappa shape index (κ2) is 6.70. The summed E-state index contributed by atoms with van der Waals surface area (Å²) in [6.07, 6.45) is 2.45. The van der Waals surface area contributed by atoms with Crippen LogP contribution in [0.15, 0.2) is 12.1 Å². The van der Waals surface area contributed by atoms with E-state index in [1.807, 2.05) is 0 Å². The molecule has 0 aromatic heterocycles. The van der Waals surface area contributed by atoms with E-state index >= 15 is 0 Å². The summed E-state index contributed by atoms with van der Waals surface area (Å²) in [5, 5.41) is 3.30. The normalized spacial score (nSPS) is 11.2. The SMILES string of the molecule is Cc1cc(F)c(CCCCNC(C)C)cc1F. The molecule has 0 heterocycles. The van der Waals surface area contributed by atoms with Crippen LogP contribution >= 0.6 is 0 Å². The van der Waals surface area contributed by atoms with E-state index < -0.39 is 0 Å². The first-order valence-electron chi connectivity index (χ1n) is 6.18. The van der Waals surface area contributed by atoms with Gasteiger partial charge in [0.25, 0.3) is 0 Å². The van der Waals surface area contributed by atoms with E-state index in [2.05, 4.69) is 19.2 Å². The van der Waals surface area contributed by atoms with E-state index in [4.69, 9.17) is 0 Å². The van der Waals surface area contributed by atoms with Crippen molar-refractivity contribution in [2.75, 3.05) is 6.54 Å². The molecule has 1 nitrogen and oxygen atoms in total. The second-order valence-corrected chi connectivity index (χ2v) is 4.76. The molecule has 0 unspecified atom stereocenters. The van der Waals surface area contributed by atoms with Crippen molar-refractivity contribution in [3.8, 4) is 0 Å². The van der Waals surface area contributed by atoms with Crippen LogP contribution in [0.25, 0.3) is 0 Å². The molecule has 0 fully saturated rings. The molecule has 0 saturated heterocycles. The van der Waals surface area contributed by atoms with Gasteiger partial charge in [-0.1, -0.05) is 13.8 Å². The predicted octanol–water partition coefficient (Wildman–Crippen LogP) is 3.59. The zero-order valence-corrected chi connectivity index (χ0v) is 10.8. The summed E-state index contributed by atoms with van der Waals surface area (Å²) in [6.45, 7) is 6.69. The summed E-state index contributed by atoms with van der Waals surface area (Å²) in [7, 11) is 0. The Labute approximate surface area is 102 Å². The van der Waals surface area contributed by atoms with Crippen LogP contribution in [0.2, 0.25) is 0 Å². The molecule has 1 aromatic rings. The number of benzene rings is 1. The third kappa shape index (κ3) is 4.82. The maximum absolute atomic E-state index is 13.5. The van der Waals surface area contributed by atoms with Crippen LogP contribution in [0.5, 0.6) is 0 Å². The maximum Gasteiger partial charge on any atom is 0.126 e. The molecule has 0 saturated carbocycles. The van der Waals surface area contributed by atoms with Crippen LogP contribution in [-0.2, 0) is 6.42 Å². The molecule has 3 heteroatoms. The van der Waals surface area contributed by atoms with Crippen molar-refractivity contribution in [1.29, 1.82) is 0 Å². The average Bonchev–Trinajstić information content (AvgIpc) is 2.24. The molecular formula is C14H21F2N. The lowest BCUT2D eigenvalue weighted by atomic mass is 10.1. The van der Waals surface area contributed by atoms with Gasteiger partial charge in [0.1, 0.15) is 11.6 Å². The van der Waals surface area contributed by atoms with E-state index in [1.165, 1.54) is 12.1 Å². The minimum absolute atomic E-state index is 0.291. The lowest BCUT2D eigenvalue weighted by Crippen LogP contribution is -2.23. The Morgan fingerprint density at radius 1 is 1.12 bits per heavy atom. The number of nitrogens with one attached hydrogen (secondary N) is 1. The lowest BCUT2D eigenvalue weighted by molar-refractivity contribution is 0.545. The van der Waals surface area contributed by atoms with Crippen LogP contribution < -0.4 is 5.32 Å². The maximum atomic E-state index is 13.5. The fourth-order valence-electron chi connectivity index (χ4n) is 1.71. The lowest BCUT2D eigenvalue weighted by Gasteiger charge is -2.08. The van der Waals surface area contributed by atoms with Gasteiger partial charge >= 0.3 is 0 Å². The monoisotopic (exact) mass is 241 g/mol. The Kier molecular flexibility index (Phi) is 5.56. The van der Waals surface area contributed by atoms with Crippen molar-refractivity contribution in [1.82, 2.24) is 5.32 Å². The molecule has 1 N–H and O–H groups in total. The summed E-state index contributed by atoms with van der Waals surface area (Å²) in [5.41, 5.74) is 0.852. The highest BCUT2D eigenvalue weighted by Crippen LogP contribution is 2.16. The van der Waals surface area contributed by atoms with Gasteiger partial charge in [-0.3, -0.25) is 0 Å². The fraction of sp³-hybridized carbons (Fsp3) is 0.571. The van der Waals surface area contributed by atoms with Gasteiger partial charge in [-0.05, 0) is 56.0 Å². The predicted molar refractivity (Wildman–Crippen MR) is 67.2 cm³/mol. The Bertz CT molecular complexity index is 361. The van der Waals surface area contributed by atoms with Gasteiger partial charge in [0.05, 0.1) is 0 Å². The zero-order chi connectivity index (χ0) is 12.8. The van der Waals surface area contributed by atoms with Gasteiger partial charge in [-0.25, -0.2) is 8.78 Å². The number of aryl methyl sites for hydroxylation is 2. The summed E-state index contributed by atoms with van der Waals surface area (Å²) >= 11 is 0. The largest absolute Gasteiger partial charge is 0.315 e. The molecule has 0 bridgehead atoms. The third-order valence-electron chi connectivity index (χ3n) is 2.75. The first kappa shape index (κ1) is 14.1. The van der Waals surface area contributed by atoms with Crippen LogP contribution in [0.4, 0.5) is 8.78 Å². The number of rotatable bonds is 6. The van der Waals surface area contributed by atoms with E-state index in [0.717, 1.165) is 19.4 Å². The third-order valence-corrected chi connectivity index (χ3v) is 2.75. The topological polar surface area (TPSA) is 12.0 Å². The molecule has 96 valence electrons. The Morgan fingerprint density at radius 3 is 2.47 bits per heavy atom. The Hall–Kier alpha value is -0.960. The highest BCUT2D eigenvalue weighted by molar-refractivity contribution is 5.25. The van der Waals surface area contributed by atoms with Gasteiger partial charge in [-0.2, -0.15) is 0 Å². The first-order valence-corrected chi connectivity index (χ1v) is 6.18. The van der Waals surface area contributed by atoms with Crippen molar-refractivity contribution in [2.24, 2.45) is 0 Å². The smallest absolute Gasteiger partial charge is 0.126 e. The Balaban J connectivity index is 2.39. The number of halogens is 2. The molecule has 0 spiro atoms. The summed E-state index contributed by atoms with van der Waals surface area (Å²) in [6, 6.07) is 3.07. The molecule has 1 aromatic carbocycles. The standard InChI is InChI=1S/C14H21F2N/c1-10(2)17-7-5-4-6-12-9-13(15)11(3)8-14(12)16/h8-10,17H,4-7H2,1-3H3. The Morgan fingerprint density at radius 2 is 1.82 bits per heavy atom. The van der Waals surface area contributed by atoms with E-state index in [9.17, 15) is 8.78 Å². The van der Waals surface area contributed by atoms with Crippen LogP contribution in [0.1, 0.15) is 37.8 Å². The van der Waals surface area contributed by atoms with Gasteiger partial charge in [0, 0.05) is 6.04 Å². The van der Waals surface area contributed by atoms with Crippen LogP contribution in [0, 0.1) is 18.6 Å². The minimum Gasteiger partial charge on any atom is -0.315 e. The highest BCUT2D eigenvalue weighted by Gasteiger charge is 2.06. The van der Waals surface area contributed by atoms with E-state index in [-0.39, 0.29) is 11.6 Å². The van der Waals surface area contributed by atoms with Crippen molar-refractivity contribution in [2.45, 2.75) is 46.1 Å². The fourth-order valence-corrected chi connectivity index (χ4v) is 1.71. The molecule has 17 heavy (non-hydrogen) atoms. The molecular weight excluding hydrogens is 220 g/mol. The average molecular weight is 241 g/mol. The molecule has 0 atom stereocenters. The van der Waals surface area contributed by atoms with Crippen molar-refractivity contribution < 1.29 is 8.78 Å². The van der Waals surface area contributed by atoms with Gasteiger partial charge in [-0.15, -0.1) is 0 Å². The number of hydrogen-bond donors (Lipinski definition) is 1. The molecule has 0 aliphatic heterocycles. The molecule has 0 radical (unpaired) electrons. The summed E-state index contributed by atoms with van der Waals surface area (Å²) < 4.78 is 26.7. The zero-order valence-electron chi connectivity index (χ0n) is 10.8. The minimum atomic E-state index is -0.318. The van der Waals surface area contributed by atoms with Gasteiger partial charge in [0.15, 0.2) is 0 Å². The first-order chi connectivity index (χ1) is 8.00. The molecule has 0 aliphatic rings. The summed E-state index contributed by atoms with van der Waals surface area (Å²) in [5.74, 6) is -0.609. The second-order valence-electron chi connectivity index (χ2n) is 4.76. The van der Waals surface area contributed by atoms with Crippen LogP contribution in [0.3, 0.4) is 0 Å². The van der Waals surface area contributed by atoms with E-state index in [0.29, 0.717) is 23.6 Å². The van der Waals surface area contributed by atoms with Crippen molar-refractivity contribution >= 4 is 0 Å². The van der Waals surface area contributed by atoms with Crippen molar-refractivity contribution in [3.05, 3.63) is 34.9 Å². The van der Waals surface area contributed by atoms with Gasteiger partial charge in [0.2, 0.25) is 0 Å².